The molecule has 0 N–H and O–H groups in total. The minimum atomic E-state index is -0.275. The molecule has 0 radical (unpaired) electrons. The lowest BCUT2D eigenvalue weighted by molar-refractivity contribution is -0.123. The van der Waals surface area contributed by atoms with Gasteiger partial charge in [-0.15, -0.1) is 0 Å². The van der Waals surface area contributed by atoms with Crippen LogP contribution in [-0.4, -0.2) is 29.1 Å². The van der Waals surface area contributed by atoms with Crippen LogP contribution in [0.25, 0.3) is 6.08 Å². The molecule has 5 nitrogen and oxygen atoms in total. The zero-order valence-corrected chi connectivity index (χ0v) is 21.2. The predicted octanol–water partition coefficient (Wildman–Crippen LogP) is 6.66. The van der Waals surface area contributed by atoms with Gasteiger partial charge in [-0.2, -0.15) is 0 Å². The summed E-state index contributed by atoms with van der Waals surface area (Å²) in [5.74, 6) is 0.409. The molecule has 0 aromatic heterocycles. The Hall–Kier alpha value is -3.51. The summed E-state index contributed by atoms with van der Waals surface area (Å²) in [6.45, 7) is 8.67. The van der Waals surface area contributed by atoms with Crippen molar-refractivity contribution in [2.24, 2.45) is 0 Å². The molecule has 0 spiro atoms. The standard InChI is InChI=1S/C29H30N2O3S/c1-4-30(5-2)25-15-14-24(26(18-25)34-20-22-11-7-6-8-12-22)17-27-28(32)31(29(33)35-27)19-23-13-9-10-21(3)16-23/h6-18H,4-5,19-20H2,1-3H3/b27-17+. The van der Waals surface area contributed by atoms with Gasteiger partial charge in [-0.05, 0) is 61.9 Å². The lowest BCUT2D eigenvalue weighted by atomic mass is 10.1. The van der Waals surface area contributed by atoms with Crippen LogP contribution >= 0.6 is 11.8 Å². The third-order valence-electron chi connectivity index (χ3n) is 5.95. The maximum Gasteiger partial charge on any atom is 0.293 e. The monoisotopic (exact) mass is 486 g/mol. The third kappa shape index (κ3) is 5.95. The maximum absolute atomic E-state index is 13.1. The Morgan fingerprint density at radius 3 is 2.37 bits per heavy atom. The lowest BCUT2D eigenvalue weighted by Crippen LogP contribution is -2.27. The van der Waals surface area contributed by atoms with Gasteiger partial charge >= 0.3 is 0 Å². The minimum Gasteiger partial charge on any atom is -0.488 e. The Balaban J connectivity index is 1.61. The second-order valence-electron chi connectivity index (χ2n) is 8.43. The molecule has 2 amide bonds. The zero-order chi connectivity index (χ0) is 24.8. The topological polar surface area (TPSA) is 49.9 Å². The van der Waals surface area contributed by atoms with Crippen molar-refractivity contribution in [2.45, 2.75) is 33.9 Å². The van der Waals surface area contributed by atoms with E-state index < -0.39 is 0 Å². The van der Waals surface area contributed by atoms with Crippen molar-refractivity contribution >= 4 is 34.7 Å². The van der Waals surface area contributed by atoms with Crippen LogP contribution in [0.5, 0.6) is 5.75 Å². The van der Waals surface area contributed by atoms with Crippen LogP contribution < -0.4 is 9.64 Å². The van der Waals surface area contributed by atoms with E-state index in [0.29, 0.717) is 17.3 Å². The molecule has 35 heavy (non-hydrogen) atoms. The Bertz CT molecular complexity index is 1240. The number of imide groups is 1. The number of thioether (sulfide) groups is 1. The van der Waals surface area contributed by atoms with Gasteiger partial charge in [0, 0.05) is 30.4 Å². The fraction of sp³-hybridized carbons (Fsp3) is 0.241. The lowest BCUT2D eigenvalue weighted by Gasteiger charge is -2.22. The molecule has 0 aliphatic carbocycles. The van der Waals surface area contributed by atoms with E-state index in [9.17, 15) is 9.59 Å². The summed E-state index contributed by atoms with van der Waals surface area (Å²) in [6.07, 6.45) is 1.77. The first-order chi connectivity index (χ1) is 17.0. The highest BCUT2D eigenvalue weighted by atomic mass is 32.2. The highest BCUT2D eigenvalue weighted by molar-refractivity contribution is 8.18. The van der Waals surface area contributed by atoms with Crippen molar-refractivity contribution in [1.82, 2.24) is 4.90 Å². The number of amides is 2. The molecule has 1 fully saturated rings. The van der Waals surface area contributed by atoms with E-state index in [0.717, 1.165) is 52.8 Å². The molecule has 0 unspecified atom stereocenters. The molecule has 0 bridgehead atoms. The van der Waals surface area contributed by atoms with E-state index in [1.165, 1.54) is 4.90 Å². The summed E-state index contributed by atoms with van der Waals surface area (Å²) in [5.41, 5.74) is 4.92. The molecule has 1 aliphatic rings. The van der Waals surface area contributed by atoms with E-state index >= 15 is 0 Å². The predicted molar refractivity (Wildman–Crippen MR) is 143 cm³/mol. The van der Waals surface area contributed by atoms with Gasteiger partial charge in [0.1, 0.15) is 12.4 Å². The molecule has 4 rings (SSSR count). The molecule has 0 atom stereocenters. The van der Waals surface area contributed by atoms with Gasteiger partial charge in [-0.25, -0.2) is 0 Å². The summed E-state index contributed by atoms with van der Waals surface area (Å²) in [7, 11) is 0. The summed E-state index contributed by atoms with van der Waals surface area (Å²) in [6, 6.07) is 23.8. The number of hydrogen-bond acceptors (Lipinski definition) is 5. The van der Waals surface area contributed by atoms with Crippen LogP contribution in [0.1, 0.15) is 36.1 Å². The molecule has 1 saturated heterocycles. The fourth-order valence-corrected chi connectivity index (χ4v) is 4.89. The molecule has 0 saturated carbocycles. The number of aryl methyl sites for hydroxylation is 1. The number of hydrogen-bond donors (Lipinski definition) is 0. The highest BCUT2D eigenvalue weighted by Gasteiger charge is 2.35. The van der Waals surface area contributed by atoms with Crippen molar-refractivity contribution < 1.29 is 14.3 Å². The molecule has 6 heteroatoms. The van der Waals surface area contributed by atoms with Crippen molar-refractivity contribution in [3.63, 3.8) is 0 Å². The normalized spacial score (nSPS) is 14.6. The van der Waals surface area contributed by atoms with Crippen LogP contribution in [0.3, 0.4) is 0 Å². The van der Waals surface area contributed by atoms with Crippen molar-refractivity contribution in [3.05, 3.63) is 100.0 Å². The molecule has 3 aromatic carbocycles. The number of carbonyl (C=O) groups excluding carboxylic acids is 2. The van der Waals surface area contributed by atoms with Crippen molar-refractivity contribution in [2.75, 3.05) is 18.0 Å². The average Bonchev–Trinajstić information content (AvgIpc) is 3.12. The Kier molecular flexibility index (Phi) is 7.93. The largest absolute Gasteiger partial charge is 0.488 e. The second-order valence-corrected chi connectivity index (χ2v) is 9.42. The summed E-state index contributed by atoms with van der Waals surface area (Å²) in [5, 5.41) is -0.255. The summed E-state index contributed by atoms with van der Waals surface area (Å²) in [4.78, 5) is 29.8. The zero-order valence-electron chi connectivity index (χ0n) is 20.4. The number of rotatable bonds is 9. The summed E-state index contributed by atoms with van der Waals surface area (Å²) < 4.78 is 6.22. The van der Waals surface area contributed by atoms with E-state index in [4.69, 9.17) is 4.74 Å². The third-order valence-corrected chi connectivity index (χ3v) is 6.85. The Morgan fingerprint density at radius 1 is 0.914 bits per heavy atom. The van der Waals surface area contributed by atoms with E-state index in [-0.39, 0.29) is 17.7 Å². The van der Waals surface area contributed by atoms with E-state index in [2.05, 4.69) is 18.7 Å². The van der Waals surface area contributed by atoms with Crippen molar-refractivity contribution in [3.8, 4) is 5.75 Å². The van der Waals surface area contributed by atoms with Gasteiger partial charge < -0.3 is 9.64 Å². The Morgan fingerprint density at radius 2 is 1.66 bits per heavy atom. The van der Waals surface area contributed by atoms with Gasteiger partial charge in [0.05, 0.1) is 11.4 Å². The van der Waals surface area contributed by atoms with E-state index in [1.54, 1.807) is 6.08 Å². The molecule has 1 aliphatic heterocycles. The molecular formula is C29H30N2O3S. The number of carbonyl (C=O) groups is 2. The quantitative estimate of drug-likeness (QED) is 0.317. The van der Waals surface area contributed by atoms with Crippen LogP contribution in [0.2, 0.25) is 0 Å². The van der Waals surface area contributed by atoms with Crippen molar-refractivity contribution in [1.29, 1.82) is 0 Å². The molecule has 3 aromatic rings. The number of anilines is 1. The number of ether oxygens (including phenoxy) is 1. The van der Waals surface area contributed by atoms with Crippen LogP contribution in [0.4, 0.5) is 10.5 Å². The minimum absolute atomic E-state index is 0.255. The first-order valence-corrected chi connectivity index (χ1v) is 12.7. The number of nitrogens with zero attached hydrogens (tertiary/aromatic N) is 2. The van der Waals surface area contributed by atoms with Gasteiger partial charge in [0.2, 0.25) is 0 Å². The van der Waals surface area contributed by atoms with Gasteiger partial charge in [-0.1, -0.05) is 60.2 Å². The second kappa shape index (κ2) is 11.3. The highest BCUT2D eigenvalue weighted by Crippen LogP contribution is 2.36. The summed E-state index contributed by atoms with van der Waals surface area (Å²) >= 11 is 0.975. The molecular weight excluding hydrogens is 456 g/mol. The maximum atomic E-state index is 13.1. The van der Waals surface area contributed by atoms with Crippen LogP contribution in [0.15, 0.2) is 77.7 Å². The first kappa shape index (κ1) is 24.6. The van der Waals surface area contributed by atoms with Gasteiger partial charge in [0.15, 0.2) is 0 Å². The van der Waals surface area contributed by atoms with Gasteiger partial charge in [0.25, 0.3) is 11.1 Å². The fourth-order valence-electron chi connectivity index (χ4n) is 4.06. The Labute approximate surface area is 211 Å². The van der Waals surface area contributed by atoms with Crippen LogP contribution in [0, 0.1) is 6.92 Å². The van der Waals surface area contributed by atoms with E-state index in [1.807, 2.05) is 79.7 Å². The van der Waals surface area contributed by atoms with Gasteiger partial charge in [-0.3, -0.25) is 14.5 Å². The van der Waals surface area contributed by atoms with Crippen LogP contribution in [-0.2, 0) is 17.9 Å². The first-order valence-electron chi connectivity index (χ1n) is 11.8. The smallest absolute Gasteiger partial charge is 0.293 e. The average molecular weight is 487 g/mol. The SMILES string of the molecule is CCN(CC)c1ccc(/C=C2/SC(=O)N(Cc3cccc(C)c3)C2=O)c(OCc2ccccc2)c1. The number of benzene rings is 3. The molecule has 1 heterocycles. The molecule has 180 valence electrons.